The molecule has 3 nitrogen and oxygen atoms in total. The van der Waals surface area contributed by atoms with E-state index in [9.17, 15) is 9.90 Å². The first kappa shape index (κ1) is 18.3. The van der Waals surface area contributed by atoms with Gasteiger partial charge in [0.25, 0.3) is 0 Å². The molecule has 26 heavy (non-hydrogen) atoms. The Morgan fingerprint density at radius 1 is 0.962 bits per heavy atom. The smallest absolute Gasteiger partial charge is 0.347 e. The first-order chi connectivity index (χ1) is 12.5. The molecule has 0 saturated heterocycles. The number of aryl methyl sites for hydroxylation is 4. The highest BCUT2D eigenvalue weighted by Crippen LogP contribution is 2.33. The summed E-state index contributed by atoms with van der Waals surface area (Å²) in [5.41, 5.74) is 3.56. The Balaban J connectivity index is 1.84. The van der Waals surface area contributed by atoms with E-state index in [1.54, 1.807) is 17.8 Å². The van der Waals surface area contributed by atoms with E-state index in [0.717, 1.165) is 28.0 Å². The van der Waals surface area contributed by atoms with Crippen LogP contribution in [0.4, 0.5) is 0 Å². The van der Waals surface area contributed by atoms with Crippen LogP contribution >= 0.6 is 11.8 Å². The molecule has 0 amide bonds. The van der Waals surface area contributed by atoms with E-state index >= 15 is 0 Å². The second-order valence-corrected chi connectivity index (χ2v) is 7.61. The van der Waals surface area contributed by atoms with Crippen LogP contribution in [0.5, 0.6) is 5.75 Å². The van der Waals surface area contributed by atoms with Gasteiger partial charge in [-0.05, 0) is 49.6 Å². The molecule has 0 bridgehead atoms. The minimum atomic E-state index is -0.486. The molecule has 2 aromatic carbocycles. The zero-order chi connectivity index (χ0) is 18.7. The third kappa shape index (κ3) is 4.02. The molecule has 0 fully saturated rings. The molecular formula is C22H22O3S. The van der Waals surface area contributed by atoms with Crippen molar-refractivity contribution in [2.24, 2.45) is 0 Å². The highest BCUT2D eigenvalue weighted by molar-refractivity contribution is 7.99. The first-order valence-electron chi connectivity index (χ1n) is 8.58. The third-order valence-corrected chi connectivity index (χ3v) is 5.28. The molecule has 0 atom stereocenters. The summed E-state index contributed by atoms with van der Waals surface area (Å²) >= 11 is 1.69. The fourth-order valence-electron chi connectivity index (χ4n) is 3.24. The van der Waals surface area contributed by atoms with Crippen molar-refractivity contribution in [2.75, 3.05) is 5.75 Å². The average molecular weight is 366 g/mol. The van der Waals surface area contributed by atoms with E-state index < -0.39 is 5.63 Å². The Hall–Kier alpha value is -2.46. The monoisotopic (exact) mass is 366 g/mol. The van der Waals surface area contributed by atoms with Gasteiger partial charge in [0.2, 0.25) is 0 Å². The maximum absolute atomic E-state index is 12.6. The number of benzene rings is 2. The van der Waals surface area contributed by atoms with Crippen LogP contribution in [-0.2, 0) is 6.42 Å². The molecule has 1 aromatic heterocycles. The molecule has 1 N–H and O–H groups in total. The van der Waals surface area contributed by atoms with Gasteiger partial charge in [0.1, 0.15) is 17.1 Å². The highest BCUT2D eigenvalue weighted by atomic mass is 32.2. The van der Waals surface area contributed by atoms with Gasteiger partial charge < -0.3 is 9.52 Å². The SMILES string of the molecule is Cc1cc(C)c(-c2c(O)cc(CCSc3ccccc3)oc2=O)c(C)c1. The van der Waals surface area contributed by atoms with Crippen molar-refractivity contribution < 1.29 is 9.52 Å². The van der Waals surface area contributed by atoms with Gasteiger partial charge in [0.05, 0.1) is 0 Å². The second kappa shape index (κ2) is 7.83. The van der Waals surface area contributed by atoms with E-state index in [1.807, 2.05) is 63.2 Å². The van der Waals surface area contributed by atoms with Gasteiger partial charge in [0.15, 0.2) is 0 Å². The van der Waals surface area contributed by atoms with Gasteiger partial charge in [-0.1, -0.05) is 35.9 Å². The van der Waals surface area contributed by atoms with E-state index in [0.29, 0.717) is 12.2 Å². The molecule has 3 rings (SSSR count). The predicted molar refractivity (Wildman–Crippen MR) is 107 cm³/mol. The van der Waals surface area contributed by atoms with Crippen LogP contribution in [-0.4, -0.2) is 10.9 Å². The maximum atomic E-state index is 12.6. The molecule has 0 spiro atoms. The van der Waals surface area contributed by atoms with Gasteiger partial charge in [-0.25, -0.2) is 4.79 Å². The number of rotatable bonds is 5. The van der Waals surface area contributed by atoms with Crippen molar-refractivity contribution in [2.45, 2.75) is 32.1 Å². The third-order valence-electron chi connectivity index (χ3n) is 4.27. The Morgan fingerprint density at radius 2 is 1.62 bits per heavy atom. The lowest BCUT2D eigenvalue weighted by molar-refractivity contribution is 0.430. The normalized spacial score (nSPS) is 10.9. The van der Waals surface area contributed by atoms with Gasteiger partial charge in [-0.2, -0.15) is 0 Å². The molecule has 0 aliphatic rings. The molecular weight excluding hydrogens is 344 g/mol. The Morgan fingerprint density at radius 3 is 2.23 bits per heavy atom. The standard InChI is InChI=1S/C22H22O3S/c1-14-11-15(2)20(16(3)12-14)21-19(23)13-17(25-22(21)24)9-10-26-18-7-5-4-6-8-18/h4-8,11-13,23H,9-10H2,1-3H3. The van der Waals surface area contributed by atoms with Crippen LogP contribution in [0.1, 0.15) is 22.5 Å². The van der Waals surface area contributed by atoms with Gasteiger partial charge in [0, 0.05) is 23.1 Å². The van der Waals surface area contributed by atoms with Gasteiger partial charge >= 0.3 is 5.63 Å². The summed E-state index contributed by atoms with van der Waals surface area (Å²) < 4.78 is 5.49. The summed E-state index contributed by atoms with van der Waals surface area (Å²) in [4.78, 5) is 13.7. The number of thioether (sulfide) groups is 1. The van der Waals surface area contributed by atoms with Crippen molar-refractivity contribution in [1.29, 1.82) is 0 Å². The van der Waals surface area contributed by atoms with Crippen LogP contribution in [0.3, 0.4) is 0 Å². The van der Waals surface area contributed by atoms with E-state index in [-0.39, 0.29) is 11.3 Å². The lowest BCUT2D eigenvalue weighted by Gasteiger charge is -2.12. The molecule has 0 unspecified atom stereocenters. The zero-order valence-electron chi connectivity index (χ0n) is 15.2. The van der Waals surface area contributed by atoms with E-state index in [2.05, 4.69) is 0 Å². The fourth-order valence-corrected chi connectivity index (χ4v) is 4.13. The van der Waals surface area contributed by atoms with Crippen LogP contribution in [0, 0.1) is 20.8 Å². The Bertz CT molecular complexity index is 951. The van der Waals surface area contributed by atoms with Crippen molar-refractivity contribution >= 4 is 11.8 Å². The lowest BCUT2D eigenvalue weighted by atomic mass is 9.94. The quantitative estimate of drug-likeness (QED) is 0.625. The van der Waals surface area contributed by atoms with Crippen LogP contribution in [0.15, 0.2) is 62.6 Å². The molecule has 0 radical (unpaired) electrons. The Labute approximate surface area is 157 Å². The second-order valence-electron chi connectivity index (χ2n) is 6.45. The van der Waals surface area contributed by atoms with Crippen molar-refractivity contribution in [3.63, 3.8) is 0 Å². The van der Waals surface area contributed by atoms with Crippen LogP contribution in [0.2, 0.25) is 0 Å². The van der Waals surface area contributed by atoms with Gasteiger partial charge in [-0.15, -0.1) is 11.8 Å². The summed E-state index contributed by atoms with van der Waals surface area (Å²) in [5.74, 6) is 1.26. The summed E-state index contributed by atoms with van der Waals surface area (Å²) in [6, 6.07) is 15.6. The number of aromatic hydroxyl groups is 1. The summed E-state index contributed by atoms with van der Waals surface area (Å²) in [6.45, 7) is 5.90. The number of hydrogen-bond donors (Lipinski definition) is 1. The summed E-state index contributed by atoms with van der Waals surface area (Å²) in [6.07, 6.45) is 0.578. The Kier molecular flexibility index (Phi) is 5.52. The minimum absolute atomic E-state index is 0.0176. The van der Waals surface area contributed by atoms with E-state index in [1.165, 1.54) is 4.90 Å². The van der Waals surface area contributed by atoms with Gasteiger partial charge in [-0.3, -0.25) is 0 Å². The van der Waals surface area contributed by atoms with E-state index in [4.69, 9.17) is 4.42 Å². The van der Waals surface area contributed by atoms with Crippen LogP contribution in [0.25, 0.3) is 11.1 Å². The topological polar surface area (TPSA) is 50.4 Å². The molecule has 0 aliphatic heterocycles. The molecule has 0 aliphatic carbocycles. The summed E-state index contributed by atoms with van der Waals surface area (Å²) in [5, 5.41) is 10.5. The fraction of sp³-hybridized carbons (Fsp3) is 0.227. The van der Waals surface area contributed by atoms with Crippen LogP contribution < -0.4 is 5.63 Å². The molecule has 134 valence electrons. The highest BCUT2D eigenvalue weighted by Gasteiger charge is 2.17. The van der Waals surface area contributed by atoms with Crippen molar-refractivity contribution in [1.82, 2.24) is 0 Å². The lowest BCUT2D eigenvalue weighted by Crippen LogP contribution is -2.08. The molecule has 0 saturated carbocycles. The molecule has 3 aromatic rings. The predicted octanol–water partition coefficient (Wildman–Crippen LogP) is 5.27. The maximum Gasteiger partial charge on any atom is 0.347 e. The number of hydrogen-bond acceptors (Lipinski definition) is 4. The van der Waals surface area contributed by atoms with Crippen molar-refractivity contribution in [3.8, 4) is 16.9 Å². The minimum Gasteiger partial charge on any atom is -0.507 e. The zero-order valence-corrected chi connectivity index (χ0v) is 16.0. The molecule has 4 heteroatoms. The first-order valence-corrected chi connectivity index (χ1v) is 9.56. The summed E-state index contributed by atoms with van der Waals surface area (Å²) in [7, 11) is 0. The van der Waals surface area contributed by atoms with Crippen molar-refractivity contribution in [3.05, 3.63) is 81.4 Å². The average Bonchev–Trinajstić information content (AvgIpc) is 2.57. The molecule has 1 heterocycles. The largest absolute Gasteiger partial charge is 0.507 e.